The Morgan fingerprint density at radius 2 is 2.05 bits per heavy atom. The number of halogens is 2. The van der Waals surface area contributed by atoms with Crippen molar-refractivity contribution in [2.24, 2.45) is 0 Å². The number of hydrogen-bond acceptors (Lipinski definition) is 3. The predicted octanol–water partition coefficient (Wildman–Crippen LogP) is 4.42. The zero-order chi connectivity index (χ0) is 13.8. The second kappa shape index (κ2) is 5.79. The predicted molar refractivity (Wildman–Crippen MR) is 72.2 cm³/mol. The molecule has 19 heavy (non-hydrogen) atoms. The SMILES string of the molecule is O=[N+]([O-])c1cccc(Oc2ccc(F)cc2CBr)c1. The van der Waals surface area contributed by atoms with Crippen molar-refractivity contribution in [3.63, 3.8) is 0 Å². The average Bonchev–Trinajstić information content (AvgIpc) is 2.41. The van der Waals surface area contributed by atoms with Crippen LogP contribution in [0.5, 0.6) is 11.5 Å². The summed E-state index contributed by atoms with van der Waals surface area (Å²) in [6.07, 6.45) is 0. The Labute approximate surface area is 117 Å². The Balaban J connectivity index is 2.30. The number of benzene rings is 2. The molecule has 2 aromatic carbocycles. The van der Waals surface area contributed by atoms with Gasteiger partial charge in [0.1, 0.15) is 17.3 Å². The van der Waals surface area contributed by atoms with Crippen molar-refractivity contribution in [2.75, 3.05) is 0 Å². The first-order valence-corrected chi connectivity index (χ1v) is 6.49. The van der Waals surface area contributed by atoms with Gasteiger partial charge in [-0.1, -0.05) is 22.0 Å². The lowest BCUT2D eigenvalue weighted by atomic mass is 10.2. The highest BCUT2D eigenvalue weighted by Gasteiger charge is 2.09. The van der Waals surface area contributed by atoms with E-state index in [1.54, 1.807) is 6.07 Å². The Morgan fingerprint density at radius 3 is 2.74 bits per heavy atom. The quantitative estimate of drug-likeness (QED) is 0.475. The fraction of sp³-hybridized carbons (Fsp3) is 0.0769. The van der Waals surface area contributed by atoms with E-state index >= 15 is 0 Å². The first-order chi connectivity index (χ1) is 9.10. The number of nitrogens with zero attached hydrogens (tertiary/aromatic N) is 1. The monoisotopic (exact) mass is 325 g/mol. The molecule has 4 nitrogen and oxygen atoms in total. The summed E-state index contributed by atoms with van der Waals surface area (Å²) in [6.45, 7) is 0. The molecule has 0 fully saturated rings. The third-order valence-corrected chi connectivity index (χ3v) is 3.03. The summed E-state index contributed by atoms with van der Waals surface area (Å²) in [4.78, 5) is 10.2. The minimum absolute atomic E-state index is 0.0556. The fourth-order valence-corrected chi connectivity index (χ4v) is 1.98. The van der Waals surface area contributed by atoms with Gasteiger partial charge in [-0.25, -0.2) is 4.39 Å². The third kappa shape index (κ3) is 3.29. The van der Waals surface area contributed by atoms with Crippen molar-refractivity contribution in [1.29, 1.82) is 0 Å². The van der Waals surface area contributed by atoms with E-state index in [1.165, 1.54) is 36.4 Å². The molecule has 2 aromatic rings. The fourth-order valence-electron chi connectivity index (χ4n) is 1.54. The van der Waals surface area contributed by atoms with Crippen LogP contribution in [-0.4, -0.2) is 4.92 Å². The Bertz CT molecular complexity index is 619. The number of alkyl halides is 1. The molecule has 0 radical (unpaired) electrons. The molecule has 0 bridgehead atoms. The molecule has 0 aromatic heterocycles. The maximum atomic E-state index is 13.1. The van der Waals surface area contributed by atoms with Crippen molar-refractivity contribution in [1.82, 2.24) is 0 Å². The van der Waals surface area contributed by atoms with E-state index in [4.69, 9.17) is 4.74 Å². The van der Waals surface area contributed by atoms with Crippen molar-refractivity contribution >= 4 is 21.6 Å². The molecular weight excluding hydrogens is 317 g/mol. The van der Waals surface area contributed by atoms with Gasteiger partial charge in [-0.15, -0.1) is 0 Å². The molecule has 0 unspecified atom stereocenters. The molecule has 0 aliphatic heterocycles. The van der Waals surface area contributed by atoms with Gasteiger partial charge >= 0.3 is 0 Å². The molecule has 98 valence electrons. The van der Waals surface area contributed by atoms with Crippen LogP contribution in [0, 0.1) is 15.9 Å². The van der Waals surface area contributed by atoms with Gasteiger partial charge in [0.2, 0.25) is 0 Å². The molecule has 0 N–H and O–H groups in total. The van der Waals surface area contributed by atoms with E-state index in [0.717, 1.165) is 0 Å². The van der Waals surface area contributed by atoms with Gasteiger partial charge < -0.3 is 4.74 Å². The van der Waals surface area contributed by atoms with Crippen LogP contribution >= 0.6 is 15.9 Å². The lowest BCUT2D eigenvalue weighted by molar-refractivity contribution is -0.384. The van der Waals surface area contributed by atoms with Gasteiger partial charge in [-0.05, 0) is 24.3 Å². The topological polar surface area (TPSA) is 52.4 Å². The van der Waals surface area contributed by atoms with Crippen LogP contribution in [0.15, 0.2) is 42.5 Å². The lowest BCUT2D eigenvalue weighted by Gasteiger charge is -2.09. The molecule has 0 aliphatic rings. The van der Waals surface area contributed by atoms with Crippen molar-refractivity contribution in [3.05, 3.63) is 64.0 Å². The normalized spacial score (nSPS) is 10.2. The number of nitro groups is 1. The van der Waals surface area contributed by atoms with Crippen molar-refractivity contribution in [3.8, 4) is 11.5 Å². The number of nitro benzene ring substituents is 1. The van der Waals surface area contributed by atoms with Crippen molar-refractivity contribution < 1.29 is 14.1 Å². The van der Waals surface area contributed by atoms with Crippen LogP contribution in [0.4, 0.5) is 10.1 Å². The standard InChI is InChI=1S/C13H9BrFNO3/c14-8-9-6-10(15)4-5-13(9)19-12-3-1-2-11(7-12)16(17)18/h1-7H,8H2. The maximum Gasteiger partial charge on any atom is 0.273 e. The van der Waals surface area contributed by atoms with E-state index in [9.17, 15) is 14.5 Å². The maximum absolute atomic E-state index is 13.1. The summed E-state index contributed by atoms with van der Waals surface area (Å²) in [7, 11) is 0. The number of non-ortho nitro benzene ring substituents is 1. The second-order valence-corrected chi connectivity index (χ2v) is 4.30. The number of ether oxygens (including phenoxy) is 1. The summed E-state index contributed by atoms with van der Waals surface area (Å²) in [5.74, 6) is 0.433. The molecule has 0 atom stereocenters. The Kier molecular flexibility index (Phi) is 4.11. The highest BCUT2D eigenvalue weighted by Crippen LogP contribution is 2.29. The van der Waals surface area contributed by atoms with Gasteiger partial charge in [0.15, 0.2) is 0 Å². The molecule has 0 saturated carbocycles. The molecule has 6 heteroatoms. The van der Waals surface area contributed by atoms with Gasteiger partial charge in [-0.3, -0.25) is 10.1 Å². The highest BCUT2D eigenvalue weighted by molar-refractivity contribution is 9.08. The van der Waals surface area contributed by atoms with Gasteiger partial charge in [0, 0.05) is 17.0 Å². The minimum atomic E-state index is -0.497. The lowest BCUT2D eigenvalue weighted by Crippen LogP contribution is -1.92. The zero-order valence-corrected chi connectivity index (χ0v) is 11.3. The van der Waals surface area contributed by atoms with E-state index in [1.807, 2.05) is 0 Å². The van der Waals surface area contributed by atoms with Crippen LogP contribution < -0.4 is 4.74 Å². The Hall–Kier alpha value is -1.95. The van der Waals surface area contributed by atoms with Gasteiger partial charge in [0.05, 0.1) is 11.0 Å². The molecule has 2 rings (SSSR count). The largest absolute Gasteiger partial charge is 0.457 e. The first kappa shape index (κ1) is 13.5. The summed E-state index contributed by atoms with van der Waals surface area (Å²) < 4.78 is 18.6. The molecule has 0 heterocycles. The van der Waals surface area contributed by atoms with Gasteiger partial charge in [0.25, 0.3) is 5.69 Å². The molecule has 0 amide bonds. The molecule has 0 aliphatic carbocycles. The van der Waals surface area contributed by atoms with E-state index < -0.39 is 4.92 Å². The number of hydrogen-bond donors (Lipinski definition) is 0. The second-order valence-electron chi connectivity index (χ2n) is 3.74. The summed E-state index contributed by atoms with van der Waals surface area (Å²) in [5.41, 5.74) is 0.575. The van der Waals surface area contributed by atoms with Crippen LogP contribution in [0.1, 0.15) is 5.56 Å². The van der Waals surface area contributed by atoms with Crippen LogP contribution in [-0.2, 0) is 5.33 Å². The zero-order valence-electron chi connectivity index (χ0n) is 9.68. The number of rotatable bonds is 4. The first-order valence-electron chi connectivity index (χ1n) is 5.37. The van der Waals surface area contributed by atoms with Gasteiger partial charge in [-0.2, -0.15) is 0 Å². The summed E-state index contributed by atoms with van der Waals surface area (Å²) in [6, 6.07) is 9.95. The third-order valence-electron chi connectivity index (χ3n) is 2.42. The van der Waals surface area contributed by atoms with E-state index in [-0.39, 0.29) is 11.5 Å². The Morgan fingerprint density at radius 1 is 1.26 bits per heavy atom. The van der Waals surface area contributed by atoms with Crippen LogP contribution in [0.25, 0.3) is 0 Å². The highest BCUT2D eigenvalue weighted by atomic mass is 79.9. The minimum Gasteiger partial charge on any atom is -0.457 e. The molecule has 0 saturated heterocycles. The molecule has 0 spiro atoms. The molecular formula is C13H9BrFNO3. The van der Waals surface area contributed by atoms with Crippen molar-refractivity contribution in [2.45, 2.75) is 5.33 Å². The van der Waals surface area contributed by atoms with Crippen LogP contribution in [0.2, 0.25) is 0 Å². The van der Waals surface area contributed by atoms with Crippen LogP contribution in [0.3, 0.4) is 0 Å². The average molecular weight is 326 g/mol. The summed E-state index contributed by atoms with van der Waals surface area (Å²) >= 11 is 3.24. The van der Waals surface area contributed by atoms with E-state index in [2.05, 4.69) is 15.9 Å². The smallest absolute Gasteiger partial charge is 0.273 e. The summed E-state index contributed by atoms with van der Waals surface area (Å²) in [5, 5.41) is 11.1. The van der Waals surface area contributed by atoms with E-state index in [0.29, 0.717) is 22.4 Å².